The van der Waals surface area contributed by atoms with Crippen LogP contribution in [0.5, 0.6) is 11.5 Å². The van der Waals surface area contributed by atoms with E-state index in [0.29, 0.717) is 6.79 Å². The molecule has 0 saturated heterocycles. The molecule has 0 atom stereocenters. The lowest BCUT2D eigenvalue weighted by atomic mass is 9.93. The fraction of sp³-hybridized carbons (Fsp3) is 0.429. The molecule has 4 heteroatoms. The summed E-state index contributed by atoms with van der Waals surface area (Å²) < 4.78 is 10.9. The lowest BCUT2D eigenvalue weighted by molar-refractivity contribution is 0.174. The van der Waals surface area contributed by atoms with Crippen LogP contribution in [0.1, 0.15) is 24.1 Å². The SMILES string of the molecule is Cc1[nH]c2cc3c(cc2c1C1(CN)CC1)OCO3. The standard InChI is InChI=1S/C14H16N2O2/c1-8-13(14(6-15)2-3-14)9-4-11-12(18-7-17-11)5-10(9)16-8/h4-5,16H,2-3,6-7,15H2,1H3. The predicted molar refractivity (Wildman–Crippen MR) is 69.1 cm³/mol. The zero-order chi connectivity index (χ0) is 12.3. The largest absolute Gasteiger partial charge is 0.454 e. The first-order chi connectivity index (χ1) is 8.73. The molecule has 1 aliphatic carbocycles. The van der Waals surface area contributed by atoms with Gasteiger partial charge in [0.1, 0.15) is 0 Å². The van der Waals surface area contributed by atoms with Crippen molar-refractivity contribution >= 4 is 10.9 Å². The normalized spacial score (nSPS) is 19.4. The van der Waals surface area contributed by atoms with Gasteiger partial charge in [0.05, 0.1) is 0 Å². The minimum Gasteiger partial charge on any atom is -0.454 e. The fourth-order valence-electron chi connectivity index (χ4n) is 3.11. The molecule has 2 heterocycles. The molecule has 4 rings (SSSR count). The highest BCUT2D eigenvalue weighted by atomic mass is 16.7. The van der Waals surface area contributed by atoms with Gasteiger partial charge in [-0.25, -0.2) is 0 Å². The molecule has 94 valence electrons. The van der Waals surface area contributed by atoms with Gasteiger partial charge in [-0.1, -0.05) is 0 Å². The topological polar surface area (TPSA) is 60.3 Å². The quantitative estimate of drug-likeness (QED) is 0.851. The van der Waals surface area contributed by atoms with Crippen LogP contribution in [-0.4, -0.2) is 18.3 Å². The Hall–Kier alpha value is -1.68. The van der Waals surface area contributed by atoms with Crippen LogP contribution < -0.4 is 15.2 Å². The summed E-state index contributed by atoms with van der Waals surface area (Å²) in [5.74, 6) is 1.67. The second-order valence-electron chi connectivity index (χ2n) is 5.36. The third kappa shape index (κ3) is 1.18. The van der Waals surface area contributed by atoms with Crippen molar-refractivity contribution in [2.45, 2.75) is 25.2 Å². The molecule has 18 heavy (non-hydrogen) atoms. The van der Waals surface area contributed by atoms with Gasteiger partial charge in [0.25, 0.3) is 0 Å². The van der Waals surface area contributed by atoms with Gasteiger partial charge in [0.2, 0.25) is 6.79 Å². The van der Waals surface area contributed by atoms with Crippen LogP contribution in [-0.2, 0) is 5.41 Å². The van der Waals surface area contributed by atoms with Crippen LogP contribution >= 0.6 is 0 Å². The average Bonchev–Trinajstić information content (AvgIpc) is 2.89. The van der Waals surface area contributed by atoms with E-state index < -0.39 is 0 Å². The Morgan fingerprint density at radius 3 is 2.67 bits per heavy atom. The highest BCUT2D eigenvalue weighted by Crippen LogP contribution is 2.52. The van der Waals surface area contributed by atoms with Crippen LogP contribution in [0.15, 0.2) is 12.1 Å². The lowest BCUT2D eigenvalue weighted by Crippen LogP contribution is -2.20. The third-order valence-corrected chi connectivity index (χ3v) is 4.25. The second kappa shape index (κ2) is 3.20. The van der Waals surface area contributed by atoms with Crippen molar-refractivity contribution in [3.8, 4) is 11.5 Å². The molecule has 3 N–H and O–H groups in total. The Balaban J connectivity index is 2.00. The van der Waals surface area contributed by atoms with Crippen molar-refractivity contribution in [2.24, 2.45) is 5.73 Å². The molecule has 1 aromatic heterocycles. The number of aromatic nitrogens is 1. The van der Waals surface area contributed by atoms with Gasteiger partial charge in [-0.15, -0.1) is 0 Å². The Kier molecular flexibility index (Phi) is 1.83. The monoisotopic (exact) mass is 244 g/mol. The summed E-state index contributed by atoms with van der Waals surface area (Å²) in [6, 6.07) is 4.12. The summed E-state index contributed by atoms with van der Waals surface area (Å²) in [5, 5.41) is 1.24. The van der Waals surface area contributed by atoms with Crippen molar-refractivity contribution in [1.29, 1.82) is 0 Å². The summed E-state index contributed by atoms with van der Waals surface area (Å²) >= 11 is 0. The maximum atomic E-state index is 5.96. The maximum absolute atomic E-state index is 5.96. The minimum absolute atomic E-state index is 0.191. The van der Waals surface area contributed by atoms with Gasteiger partial charge in [0.15, 0.2) is 11.5 Å². The van der Waals surface area contributed by atoms with Crippen LogP contribution in [0.2, 0.25) is 0 Å². The molecule has 1 aromatic carbocycles. The minimum atomic E-state index is 0.191. The summed E-state index contributed by atoms with van der Waals surface area (Å²) in [4.78, 5) is 3.45. The van der Waals surface area contributed by atoms with Crippen molar-refractivity contribution in [1.82, 2.24) is 4.98 Å². The third-order valence-electron chi connectivity index (χ3n) is 4.25. The van der Waals surface area contributed by atoms with Gasteiger partial charge < -0.3 is 20.2 Å². The van der Waals surface area contributed by atoms with E-state index in [0.717, 1.165) is 23.6 Å². The molecule has 2 aliphatic rings. The number of nitrogens with two attached hydrogens (primary N) is 1. The predicted octanol–water partition coefficient (Wildman–Crippen LogP) is 2.20. The van der Waals surface area contributed by atoms with Crippen molar-refractivity contribution in [3.63, 3.8) is 0 Å². The molecule has 0 radical (unpaired) electrons. The summed E-state index contributed by atoms with van der Waals surface area (Å²) in [7, 11) is 0. The Labute approximate surface area is 105 Å². The van der Waals surface area contributed by atoms with Crippen molar-refractivity contribution < 1.29 is 9.47 Å². The van der Waals surface area contributed by atoms with E-state index in [2.05, 4.69) is 18.0 Å². The Morgan fingerprint density at radius 2 is 2.00 bits per heavy atom. The number of ether oxygens (including phenoxy) is 2. The zero-order valence-corrected chi connectivity index (χ0v) is 10.4. The van der Waals surface area contributed by atoms with Crippen molar-refractivity contribution in [2.75, 3.05) is 13.3 Å². The van der Waals surface area contributed by atoms with Crippen molar-refractivity contribution in [3.05, 3.63) is 23.4 Å². The molecule has 4 nitrogen and oxygen atoms in total. The van der Waals surface area contributed by atoms with E-state index >= 15 is 0 Å². The van der Waals surface area contributed by atoms with Gasteiger partial charge in [-0.3, -0.25) is 0 Å². The van der Waals surface area contributed by atoms with E-state index in [1.165, 1.54) is 29.5 Å². The molecule has 0 bridgehead atoms. The van der Waals surface area contributed by atoms with E-state index in [-0.39, 0.29) is 5.41 Å². The first-order valence-electron chi connectivity index (χ1n) is 6.36. The lowest BCUT2D eigenvalue weighted by Gasteiger charge is -2.13. The number of fused-ring (bicyclic) bond motifs is 2. The number of H-pyrrole nitrogens is 1. The van der Waals surface area contributed by atoms with Gasteiger partial charge in [-0.2, -0.15) is 0 Å². The fourth-order valence-corrected chi connectivity index (χ4v) is 3.11. The Morgan fingerprint density at radius 1 is 1.28 bits per heavy atom. The molecular weight excluding hydrogens is 228 g/mol. The molecule has 0 amide bonds. The van der Waals surface area contributed by atoms with Crippen LogP contribution in [0.25, 0.3) is 10.9 Å². The number of aromatic amines is 1. The first-order valence-corrected chi connectivity index (χ1v) is 6.36. The van der Waals surface area contributed by atoms with Gasteiger partial charge >= 0.3 is 0 Å². The molecule has 1 saturated carbocycles. The number of rotatable bonds is 2. The number of hydrogen-bond donors (Lipinski definition) is 2. The number of hydrogen-bond acceptors (Lipinski definition) is 3. The number of benzene rings is 1. The highest BCUT2D eigenvalue weighted by Gasteiger charge is 2.45. The number of nitrogens with one attached hydrogen (secondary N) is 1. The molecular formula is C14H16N2O2. The molecule has 1 fully saturated rings. The first kappa shape index (κ1) is 10.3. The summed E-state index contributed by atoms with van der Waals surface area (Å²) in [6.45, 7) is 3.16. The van der Waals surface area contributed by atoms with Crippen LogP contribution in [0, 0.1) is 6.92 Å². The average molecular weight is 244 g/mol. The van der Waals surface area contributed by atoms with E-state index in [4.69, 9.17) is 15.2 Å². The molecule has 2 aromatic rings. The maximum Gasteiger partial charge on any atom is 0.231 e. The second-order valence-corrected chi connectivity index (χ2v) is 5.36. The Bertz CT molecular complexity index is 641. The van der Waals surface area contributed by atoms with Crippen LogP contribution in [0.4, 0.5) is 0 Å². The molecule has 0 unspecified atom stereocenters. The van der Waals surface area contributed by atoms with Gasteiger partial charge in [-0.05, 0) is 31.4 Å². The summed E-state index contributed by atoms with van der Waals surface area (Å²) in [6.07, 6.45) is 2.37. The van der Waals surface area contributed by atoms with E-state index in [9.17, 15) is 0 Å². The van der Waals surface area contributed by atoms with E-state index in [1.54, 1.807) is 0 Å². The smallest absolute Gasteiger partial charge is 0.231 e. The molecule has 0 spiro atoms. The number of aryl methyl sites for hydroxylation is 1. The van der Waals surface area contributed by atoms with E-state index in [1.807, 2.05) is 6.07 Å². The van der Waals surface area contributed by atoms with Gasteiger partial charge in [0, 0.05) is 34.6 Å². The molecule has 1 aliphatic heterocycles. The highest BCUT2D eigenvalue weighted by molar-refractivity contribution is 5.89. The van der Waals surface area contributed by atoms with Crippen LogP contribution in [0.3, 0.4) is 0 Å². The summed E-state index contributed by atoms with van der Waals surface area (Å²) in [5.41, 5.74) is 9.86. The zero-order valence-electron chi connectivity index (χ0n) is 10.4.